The summed E-state index contributed by atoms with van der Waals surface area (Å²) in [4.78, 5) is 4.45. The molecule has 0 aliphatic rings. The van der Waals surface area contributed by atoms with Crippen LogP contribution in [0.2, 0.25) is 0 Å². The Labute approximate surface area is 163 Å². The summed E-state index contributed by atoms with van der Waals surface area (Å²) in [6.45, 7) is 2.67. The number of benzene rings is 2. The van der Waals surface area contributed by atoms with Gasteiger partial charge in [-0.2, -0.15) is 10.1 Å². The van der Waals surface area contributed by atoms with Crippen LogP contribution >= 0.6 is 0 Å². The summed E-state index contributed by atoms with van der Waals surface area (Å²) < 4.78 is 16.1. The first kappa shape index (κ1) is 19.2. The first-order valence-corrected chi connectivity index (χ1v) is 8.69. The van der Waals surface area contributed by atoms with Crippen molar-refractivity contribution in [2.45, 2.75) is 13.5 Å². The third kappa shape index (κ3) is 4.59. The molecule has 0 aliphatic heterocycles. The molecule has 0 fully saturated rings. The maximum Gasteiger partial charge on any atom is 0.244 e. The zero-order chi connectivity index (χ0) is 19.9. The molecule has 0 atom stereocenters. The van der Waals surface area contributed by atoms with Crippen LogP contribution < -0.4 is 24.8 Å². The van der Waals surface area contributed by atoms with Crippen molar-refractivity contribution in [1.29, 1.82) is 0 Å². The number of methoxy groups -OCH3 is 3. The van der Waals surface area contributed by atoms with Crippen molar-refractivity contribution in [1.82, 2.24) is 15.2 Å². The van der Waals surface area contributed by atoms with E-state index in [4.69, 9.17) is 14.2 Å². The Morgan fingerprint density at radius 2 is 1.71 bits per heavy atom. The van der Waals surface area contributed by atoms with Gasteiger partial charge >= 0.3 is 0 Å². The highest BCUT2D eigenvalue weighted by Crippen LogP contribution is 2.40. The predicted molar refractivity (Wildman–Crippen MR) is 108 cm³/mol. The van der Waals surface area contributed by atoms with E-state index in [-0.39, 0.29) is 0 Å². The lowest BCUT2D eigenvalue weighted by Gasteiger charge is -2.15. The van der Waals surface area contributed by atoms with Crippen LogP contribution in [0, 0.1) is 6.92 Å². The lowest BCUT2D eigenvalue weighted by atomic mass is 10.1. The molecule has 0 saturated carbocycles. The van der Waals surface area contributed by atoms with Crippen molar-refractivity contribution in [3.05, 3.63) is 53.7 Å². The lowest BCUT2D eigenvalue weighted by Crippen LogP contribution is -2.06. The van der Waals surface area contributed by atoms with Gasteiger partial charge in [-0.05, 0) is 12.5 Å². The smallest absolute Gasteiger partial charge is 0.244 e. The Balaban J connectivity index is 1.75. The Hall–Kier alpha value is -3.55. The van der Waals surface area contributed by atoms with Crippen LogP contribution in [0.5, 0.6) is 17.2 Å². The first-order chi connectivity index (χ1) is 13.6. The minimum atomic E-state index is 0.430. The second-order valence-corrected chi connectivity index (χ2v) is 6.05. The lowest BCUT2D eigenvalue weighted by molar-refractivity contribution is 0.324. The maximum absolute atomic E-state index is 5.37. The number of anilines is 3. The predicted octanol–water partition coefficient (Wildman–Crippen LogP) is 3.56. The Morgan fingerprint density at radius 1 is 0.964 bits per heavy atom. The summed E-state index contributed by atoms with van der Waals surface area (Å²) in [5, 5.41) is 14.4. The molecule has 0 spiro atoms. The van der Waals surface area contributed by atoms with Gasteiger partial charge in [0.15, 0.2) is 17.3 Å². The quantitative estimate of drug-likeness (QED) is 0.612. The molecule has 8 heteroatoms. The molecule has 2 aromatic carbocycles. The summed E-state index contributed by atoms with van der Waals surface area (Å²) >= 11 is 0. The second-order valence-electron chi connectivity index (χ2n) is 6.05. The number of aryl methyl sites for hydroxylation is 1. The molecular weight excluding hydrogens is 358 g/mol. The highest BCUT2D eigenvalue weighted by Gasteiger charge is 2.13. The van der Waals surface area contributed by atoms with E-state index in [9.17, 15) is 0 Å². The van der Waals surface area contributed by atoms with E-state index in [1.807, 2.05) is 12.1 Å². The van der Waals surface area contributed by atoms with Crippen LogP contribution in [0.1, 0.15) is 11.1 Å². The minimum Gasteiger partial charge on any atom is -0.493 e. The summed E-state index contributed by atoms with van der Waals surface area (Å²) in [6, 6.07) is 11.8. The van der Waals surface area contributed by atoms with E-state index in [0.29, 0.717) is 35.6 Å². The van der Waals surface area contributed by atoms with Gasteiger partial charge in [-0.15, -0.1) is 5.10 Å². The van der Waals surface area contributed by atoms with Crippen molar-refractivity contribution < 1.29 is 14.2 Å². The highest BCUT2D eigenvalue weighted by molar-refractivity contribution is 5.66. The zero-order valence-electron chi connectivity index (χ0n) is 16.3. The summed E-state index contributed by atoms with van der Waals surface area (Å²) in [7, 11) is 4.70. The molecular formula is C20H23N5O3. The summed E-state index contributed by atoms with van der Waals surface area (Å²) in [6.07, 6.45) is 1.54. The van der Waals surface area contributed by atoms with Gasteiger partial charge < -0.3 is 24.8 Å². The average molecular weight is 381 g/mol. The van der Waals surface area contributed by atoms with Crippen LogP contribution in [0.25, 0.3) is 0 Å². The molecule has 8 nitrogen and oxygen atoms in total. The summed E-state index contributed by atoms with van der Waals surface area (Å²) in [5.41, 5.74) is 3.07. The highest BCUT2D eigenvalue weighted by atomic mass is 16.5. The van der Waals surface area contributed by atoms with Gasteiger partial charge in [0.25, 0.3) is 0 Å². The number of nitrogens with zero attached hydrogens (tertiary/aromatic N) is 3. The van der Waals surface area contributed by atoms with Crippen molar-refractivity contribution in [3.8, 4) is 17.2 Å². The van der Waals surface area contributed by atoms with Crippen molar-refractivity contribution >= 4 is 17.5 Å². The van der Waals surface area contributed by atoms with Crippen molar-refractivity contribution in [2.75, 3.05) is 32.0 Å². The van der Waals surface area contributed by atoms with Gasteiger partial charge in [0.05, 0.1) is 27.5 Å². The van der Waals surface area contributed by atoms with E-state index in [1.54, 1.807) is 39.7 Å². The molecule has 0 amide bonds. The van der Waals surface area contributed by atoms with Gasteiger partial charge in [-0.1, -0.05) is 29.8 Å². The third-order valence-electron chi connectivity index (χ3n) is 4.03. The number of ether oxygens (including phenoxy) is 3. The molecule has 2 N–H and O–H groups in total. The van der Waals surface area contributed by atoms with Crippen LogP contribution in [0.3, 0.4) is 0 Å². The molecule has 0 unspecified atom stereocenters. The Morgan fingerprint density at radius 3 is 2.36 bits per heavy atom. The van der Waals surface area contributed by atoms with Crippen LogP contribution in [0.15, 0.2) is 42.6 Å². The number of rotatable bonds is 8. The van der Waals surface area contributed by atoms with E-state index in [0.717, 1.165) is 11.3 Å². The number of hydrogen-bond acceptors (Lipinski definition) is 8. The second kappa shape index (κ2) is 8.90. The Bertz CT molecular complexity index is 924. The van der Waals surface area contributed by atoms with Crippen LogP contribution in [-0.4, -0.2) is 36.5 Å². The van der Waals surface area contributed by atoms with E-state index >= 15 is 0 Å². The molecule has 0 bridgehead atoms. The fourth-order valence-corrected chi connectivity index (χ4v) is 2.74. The molecule has 0 aliphatic carbocycles. The molecule has 0 radical (unpaired) electrons. The van der Waals surface area contributed by atoms with Crippen molar-refractivity contribution in [2.24, 2.45) is 0 Å². The normalized spacial score (nSPS) is 10.3. The summed E-state index contributed by atoms with van der Waals surface area (Å²) in [5.74, 6) is 2.58. The zero-order valence-corrected chi connectivity index (χ0v) is 16.3. The van der Waals surface area contributed by atoms with Crippen LogP contribution in [-0.2, 0) is 6.54 Å². The number of nitrogens with one attached hydrogen (secondary N) is 2. The van der Waals surface area contributed by atoms with Gasteiger partial charge in [0, 0.05) is 24.4 Å². The minimum absolute atomic E-state index is 0.430. The maximum atomic E-state index is 5.37. The topological polar surface area (TPSA) is 90.4 Å². The SMILES string of the molecule is COc1cc(Nc2cnnc(NCc3cccc(C)c3)n2)cc(OC)c1OC. The van der Waals surface area contributed by atoms with Gasteiger partial charge in [0.2, 0.25) is 11.7 Å². The van der Waals surface area contributed by atoms with Gasteiger partial charge in [-0.25, -0.2) is 0 Å². The molecule has 3 rings (SSSR count). The van der Waals surface area contributed by atoms with Gasteiger partial charge in [-0.3, -0.25) is 0 Å². The monoisotopic (exact) mass is 381 g/mol. The van der Waals surface area contributed by atoms with E-state index in [1.165, 1.54) is 5.56 Å². The average Bonchev–Trinajstić information content (AvgIpc) is 2.72. The third-order valence-corrected chi connectivity index (χ3v) is 4.03. The van der Waals surface area contributed by atoms with Crippen molar-refractivity contribution in [3.63, 3.8) is 0 Å². The molecule has 146 valence electrons. The molecule has 1 heterocycles. The molecule has 28 heavy (non-hydrogen) atoms. The van der Waals surface area contributed by atoms with E-state index in [2.05, 4.69) is 44.9 Å². The fraction of sp³-hybridized carbons (Fsp3) is 0.250. The molecule has 1 aromatic heterocycles. The van der Waals surface area contributed by atoms with Gasteiger partial charge in [0.1, 0.15) is 0 Å². The first-order valence-electron chi connectivity index (χ1n) is 8.69. The Kier molecular flexibility index (Phi) is 6.11. The number of hydrogen-bond donors (Lipinski definition) is 2. The standard InChI is InChI=1S/C20H23N5O3/c1-13-6-5-7-14(8-13)11-21-20-24-18(12-22-25-20)23-15-9-16(26-2)19(28-4)17(10-15)27-3/h5-10,12H,11H2,1-4H3,(H2,21,23,24,25). The molecule has 0 saturated heterocycles. The molecule has 3 aromatic rings. The van der Waals surface area contributed by atoms with E-state index < -0.39 is 0 Å². The van der Waals surface area contributed by atoms with Crippen LogP contribution in [0.4, 0.5) is 17.5 Å². The number of aromatic nitrogens is 3. The largest absolute Gasteiger partial charge is 0.493 e. The fourth-order valence-electron chi connectivity index (χ4n) is 2.74.